The van der Waals surface area contributed by atoms with Crippen molar-refractivity contribution in [3.63, 3.8) is 0 Å². The van der Waals surface area contributed by atoms with Crippen LogP contribution >= 0.6 is 0 Å². The third kappa shape index (κ3) is 5.54. The Morgan fingerprint density at radius 3 is 2.44 bits per heavy atom. The van der Waals surface area contributed by atoms with Crippen LogP contribution in [-0.4, -0.2) is 43.2 Å². The summed E-state index contributed by atoms with van der Waals surface area (Å²) in [5.74, 6) is 0.660. The molecule has 0 amide bonds. The maximum absolute atomic E-state index is 11.8. The Kier molecular flexibility index (Phi) is 5.88. The number of aliphatic hydroxyl groups excluding tert-OH is 1. The topological polar surface area (TPSA) is 41.5 Å². The van der Waals surface area contributed by atoms with E-state index >= 15 is 0 Å². The van der Waals surface area contributed by atoms with Gasteiger partial charge in [0.25, 0.3) is 0 Å². The molecule has 0 aromatic rings. The molecule has 108 valence electrons. The summed E-state index contributed by atoms with van der Waals surface area (Å²) < 4.78 is 40.0. The van der Waals surface area contributed by atoms with Crippen molar-refractivity contribution < 1.29 is 23.0 Å². The number of aliphatic hydroxyl groups is 1. The van der Waals surface area contributed by atoms with Gasteiger partial charge in [-0.3, -0.25) is 0 Å². The van der Waals surface area contributed by atoms with Gasteiger partial charge in [0.2, 0.25) is 0 Å². The van der Waals surface area contributed by atoms with E-state index in [4.69, 9.17) is 0 Å². The first-order valence-electron chi connectivity index (χ1n) is 6.37. The Balaban J connectivity index is 2.20. The van der Waals surface area contributed by atoms with Crippen molar-refractivity contribution in [3.8, 4) is 0 Å². The van der Waals surface area contributed by atoms with Gasteiger partial charge in [-0.1, -0.05) is 6.92 Å². The van der Waals surface area contributed by atoms with Crippen LogP contribution in [0.4, 0.5) is 13.2 Å². The van der Waals surface area contributed by atoms with Crippen LogP contribution in [0.3, 0.4) is 0 Å². The standard InChI is InChI=1S/C12H22F3NO2/c1-10-2-4-11(8-17,5-3-10)16-6-7-18-9-12(13,14)15/h10,16-17H,2-9H2,1H3. The minimum Gasteiger partial charge on any atom is -0.394 e. The molecule has 1 fully saturated rings. The molecule has 1 aliphatic carbocycles. The summed E-state index contributed by atoms with van der Waals surface area (Å²) in [5, 5.41) is 12.6. The van der Waals surface area contributed by atoms with Crippen LogP contribution in [0, 0.1) is 5.92 Å². The molecule has 1 rings (SSSR count). The van der Waals surface area contributed by atoms with Gasteiger partial charge in [-0.25, -0.2) is 0 Å². The van der Waals surface area contributed by atoms with E-state index in [9.17, 15) is 18.3 Å². The molecule has 0 unspecified atom stereocenters. The van der Waals surface area contributed by atoms with E-state index in [1.165, 1.54) is 0 Å². The van der Waals surface area contributed by atoms with Crippen LogP contribution in [0.25, 0.3) is 0 Å². The molecular weight excluding hydrogens is 247 g/mol. The molecular formula is C12H22F3NO2. The molecule has 0 radical (unpaired) electrons. The predicted molar refractivity (Wildman–Crippen MR) is 62.3 cm³/mol. The van der Waals surface area contributed by atoms with E-state index in [0.717, 1.165) is 25.7 Å². The summed E-state index contributed by atoms with van der Waals surface area (Å²) in [6, 6.07) is 0. The first-order chi connectivity index (χ1) is 8.37. The summed E-state index contributed by atoms with van der Waals surface area (Å²) in [6.45, 7) is 1.34. The Morgan fingerprint density at radius 2 is 1.94 bits per heavy atom. The number of alkyl halides is 3. The fraction of sp³-hybridized carbons (Fsp3) is 1.00. The zero-order chi connectivity index (χ0) is 13.6. The van der Waals surface area contributed by atoms with Gasteiger partial charge in [0.15, 0.2) is 0 Å². The van der Waals surface area contributed by atoms with E-state index in [-0.39, 0.29) is 18.8 Å². The third-order valence-corrected chi connectivity index (χ3v) is 3.55. The zero-order valence-electron chi connectivity index (χ0n) is 10.7. The lowest BCUT2D eigenvalue weighted by atomic mass is 9.77. The molecule has 1 saturated carbocycles. The molecule has 0 spiro atoms. The molecule has 2 N–H and O–H groups in total. The Morgan fingerprint density at radius 1 is 1.33 bits per heavy atom. The molecule has 0 aromatic heterocycles. The van der Waals surface area contributed by atoms with Crippen molar-refractivity contribution in [2.75, 3.05) is 26.4 Å². The average molecular weight is 269 g/mol. The van der Waals surface area contributed by atoms with Gasteiger partial charge in [0.1, 0.15) is 6.61 Å². The largest absolute Gasteiger partial charge is 0.411 e. The highest BCUT2D eigenvalue weighted by Crippen LogP contribution is 2.31. The van der Waals surface area contributed by atoms with Gasteiger partial charge >= 0.3 is 6.18 Å². The van der Waals surface area contributed by atoms with Gasteiger partial charge in [0.05, 0.1) is 13.2 Å². The lowest BCUT2D eigenvalue weighted by molar-refractivity contribution is -0.173. The highest BCUT2D eigenvalue weighted by atomic mass is 19.4. The highest BCUT2D eigenvalue weighted by molar-refractivity contribution is 4.91. The van der Waals surface area contributed by atoms with Crippen LogP contribution in [0.1, 0.15) is 32.6 Å². The summed E-state index contributed by atoms with van der Waals surface area (Å²) in [5.41, 5.74) is -0.325. The van der Waals surface area contributed by atoms with Crippen molar-refractivity contribution in [2.45, 2.75) is 44.3 Å². The number of ether oxygens (including phenoxy) is 1. The van der Waals surface area contributed by atoms with E-state index in [2.05, 4.69) is 17.0 Å². The normalized spacial score (nSPS) is 29.5. The van der Waals surface area contributed by atoms with Crippen LogP contribution in [-0.2, 0) is 4.74 Å². The first-order valence-corrected chi connectivity index (χ1v) is 6.37. The summed E-state index contributed by atoms with van der Waals surface area (Å²) in [6.07, 6.45) is -0.462. The number of nitrogens with one attached hydrogen (secondary N) is 1. The molecule has 3 nitrogen and oxygen atoms in total. The molecule has 0 aromatic carbocycles. The van der Waals surface area contributed by atoms with Crippen LogP contribution in [0.15, 0.2) is 0 Å². The van der Waals surface area contributed by atoms with Gasteiger partial charge in [0, 0.05) is 12.1 Å². The molecule has 0 atom stereocenters. The van der Waals surface area contributed by atoms with E-state index in [0.29, 0.717) is 12.5 Å². The zero-order valence-corrected chi connectivity index (χ0v) is 10.7. The summed E-state index contributed by atoms with van der Waals surface area (Å²) in [7, 11) is 0. The number of hydrogen-bond acceptors (Lipinski definition) is 3. The van der Waals surface area contributed by atoms with Crippen LogP contribution in [0.2, 0.25) is 0 Å². The Labute approximate surface area is 106 Å². The molecule has 1 aliphatic rings. The lowest BCUT2D eigenvalue weighted by Gasteiger charge is -2.39. The van der Waals surface area contributed by atoms with E-state index in [1.54, 1.807) is 0 Å². The number of rotatable bonds is 6. The van der Waals surface area contributed by atoms with E-state index < -0.39 is 12.8 Å². The summed E-state index contributed by atoms with van der Waals surface area (Å²) >= 11 is 0. The van der Waals surface area contributed by atoms with Crippen molar-refractivity contribution >= 4 is 0 Å². The molecule has 0 bridgehead atoms. The maximum Gasteiger partial charge on any atom is 0.411 e. The molecule has 0 saturated heterocycles. The molecule has 0 aliphatic heterocycles. The Bertz CT molecular complexity index is 238. The molecule has 6 heteroatoms. The summed E-state index contributed by atoms with van der Waals surface area (Å²) in [4.78, 5) is 0. The quantitative estimate of drug-likeness (QED) is 0.726. The Hall–Kier alpha value is -0.330. The number of hydrogen-bond donors (Lipinski definition) is 2. The lowest BCUT2D eigenvalue weighted by Crippen LogP contribution is -2.51. The second-order valence-corrected chi connectivity index (χ2v) is 5.22. The van der Waals surface area contributed by atoms with Gasteiger partial charge in [-0.05, 0) is 31.6 Å². The molecule has 18 heavy (non-hydrogen) atoms. The minimum atomic E-state index is -4.27. The van der Waals surface area contributed by atoms with Gasteiger partial charge in [-0.15, -0.1) is 0 Å². The van der Waals surface area contributed by atoms with E-state index in [1.807, 2.05) is 0 Å². The fourth-order valence-electron chi connectivity index (χ4n) is 2.28. The van der Waals surface area contributed by atoms with Gasteiger partial charge in [-0.2, -0.15) is 13.2 Å². The van der Waals surface area contributed by atoms with Crippen molar-refractivity contribution in [1.82, 2.24) is 5.32 Å². The first kappa shape index (κ1) is 15.7. The predicted octanol–water partition coefficient (Wildman–Crippen LogP) is 2.10. The molecule has 0 heterocycles. The second-order valence-electron chi connectivity index (χ2n) is 5.22. The van der Waals surface area contributed by atoms with Crippen molar-refractivity contribution in [3.05, 3.63) is 0 Å². The smallest absolute Gasteiger partial charge is 0.394 e. The SMILES string of the molecule is CC1CCC(CO)(NCCOCC(F)(F)F)CC1. The highest BCUT2D eigenvalue weighted by Gasteiger charge is 2.33. The van der Waals surface area contributed by atoms with Crippen LogP contribution in [0.5, 0.6) is 0 Å². The van der Waals surface area contributed by atoms with Gasteiger partial charge < -0.3 is 15.2 Å². The second kappa shape index (κ2) is 6.73. The number of halogens is 3. The third-order valence-electron chi connectivity index (χ3n) is 3.55. The average Bonchev–Trinajstić information content (AvgIpc) is 2.30. The van der Waals surface area contributed by atoms with Crippen LogP contribution < -0.4 is 5.32 Å². The van der Waals surface area contributed by atoms with Crippen molar-refractivity contribution in [2.24, 2.45) is 5.92 Å². The maximum atomic E-state index is 11.8. The fourth-order valence-corrected chi connectivity index (χ4v) is 2.28. The minimum absolute atomic E-state index is 0.0107. The van der Waals surface area contributed by atoms with Crippen molar-refractivity contribution in [1.29, 1.82) is 0 Å². The monoisotopic (exact) mass is 269 g/mol.